The summed E-state index contributed by atoms with van der Waals surface area (Å²) in [5.74, 6) is 1.44. The average molecular weight is 343 g/mol. The molecule has 0 radical (unpaired) electrons. The second-order valence-corrected chi connectivity index (χ2v) is 4.66. The first kappa shape index (κ1) is 18.3. The molecule has 0 aliphatic carbocycles. The van der Waals surface area contributed by atoms with Crippen molar-refractivity contribution in [3.05, 3.63) is 0 Å². The minimum absolute atomic E-state index is 0. The maximum absolute atomic E-state index is 5.31. The van der Waals surface area contributed by atoms with Gasteiger partial charge < -0.3 is 15.4 Å². The number of nitrogens with zero attached hydrogens (tertiary/aromatic N) is 1. The van der Waals surface area contributed by atoms with Crippen LogP contribution in [0.2, 0.25) is 0 Å². The lowest BCUT2D eigenvalue weighted by molar-refractivity contribution is 0.0268. The largest absolute Gasteiger partial charge is 0.377 e. The maximum Gasteiger partial charge on any atom is 0.191 e. The third kappa shape index (κ3) is 9.21. The highest BCUT2D eigenvalue weighted by molar-refractivity contribution is 14.0. The Hall–Kier alpha value is -0.0400. The molecule has 98 valence electrons. The van der Waals surface area contributed by atoms with Crippen molar-refractivity contribution in [1.82, 2.24) is 10.6 Å². The lowest BCUT2D eigenvalue weighted by atomic mass is 10.1. The first-order valence-electron chi connectivity index (χ1n) is 5.41. The molecule has 0 saturated heterocycles. The zero-order valence-electron chi connectivity index (χ0n) is 11.3. The zero-order valence-corrected chi connectivity index (χ0v) is 13.6. The summed E-state index contributed by atoms with van der Waals surface area (Å²) in [6.45, 7) is 10.1. The predicted octanol–water partition coefficient (Wildman–Crippen LogP) is 1.85. The van der Waals surface area contributed by atoms with Crippen molar-refractivity contribution in [2.24, 2.45) is 10.9 Å². The minimum atomic E-state index is -0.171. The van der Waals surface area contributed by atoms with Gasteiger partial charge in [0.1, 0.15) is 0 Å². The van der Waals surface area contributed by atoms with Gasteiger partial charge in [0.25, 0.3) is 0 Å². The first-order chi connectivity index (χ1) is 6.91. The highest BCUT2D eigenvalue weighted by Crippen LogP contribution is 2.04. The molecule has 2 N–H and O–H groups in total. The number of halogens is 1. The molecule has 5 heteroatoms. The van der Waals surface area contributed by atoms with Crippen molar-refractivity contribution in [2.75, 3.05) is 27.2 Å². The average Bonchev–Trinajstić information content (AvgIpc) is 2.18. The molecule has 0 aliphatic heterocycles. The van der Waals surface area contributed by atoms with Gasteiger partial charge in [-0.15, -0.1) is 24.0 Å². The van der Waals surface area contributed by atoms with Crippen molar-refractivity contribution in [2.45, 2.75) is 33.3 Å². The summed E-state index contributed by atoms with van der Waals surface area (Å²) in [6.07, 6.45) is 0. The molecule has 0 atom stereocenters. The van der Waals surface area contributed by atoms with E-state index in [9.17, 15) is 0 Å². The topological polar surface area (TPSA) is 45.7 Å². The Morgan fingerprint density at radius 2 is 1.88 bits per heavy atom. The van der Waals surface area contributed by atoms with E-state index in [1.807, 2.05) is 13.8 Å². The van der Waals surface area contributed by atoms with E-state index in [1.165, 1.54) is 0 Å². The molecule has 0 spiro atoms. The van der Waals surface area contributed by atoms with Gasteiger partial charge in [-0.2, -0.15) is 0 Å². The number of ether oxygens (including phenoxy) is 1. The van der Waals surface area contributed by atoms with Crippen LogP contribution in [-0.4, -0.2) is 38.8 Å². The van der Waals surface area contributed by atoms with Gasteiger partial charge in [0.2, 0.25) is 0 Å². The Kier molecular flexibility index (Phi) is 10.4. The number of aliphatic imine (C=N–C) groups is 1. The van der Waals surface area contributed by atoms with Crippen LogP contribution in [0.1, 0.15) is 27.7 Å². The summed E-state index contributed by atoms with van der Waals surface area (Å²) in [4.78, 5) is 4.14. The Labute approximate surface area is 117 Å². The van der Waals surface area contributed by atoms with Crippen molar-refractivity contribution in [3.63, 3.8) is 0 Å². The summed E-state index contributed by atoms with van der Waals surface area (Å²) in [7, 11) is 3.49. The molecule has 0 amide bonds. The molecule has 0 fully saturated rings. The molecule has 0 aromatic heterocycles. The van der Waals surface area contributed by atoms with Crippen molar-refractivity contribution < 1.29 is 4.74 Å². The predicted molar refractivity (Wildman–Crippen MR) is 80.7 cm³/mol. The Bertz CT molecular complexity index is 205. The standard InChI is InChI=1S/C11H25N3O.HI/c1-9(2)7-13-10(12-5)14-8-11(3,4)15-6;/h9H,7-8H2,1-6H3,(H2,12,13,14);1H. The Morgan fingerprint density at radius 3 is 2.25 bits per heavy atom. The summed E-state index contributed by atoms with van der Waals surface area (Å²) in [6, 6.07) is 0. The van der Waals surface area contributed by atoms with E-state index < -0.39 is 0 Å². The fraction of sp³-hybridized carbons (Fsp3) is 0.909. The van der Waals surface area contributed by atoms with Gasteiger partial charge in [-0.3, -0.25) is 4.99 Å². The van der Waals surface area contributed by atoms with Crippen LogP contribution in [0.25, 0.3) is 0 Å². The number of guanidine groups is 1. The molecular formula is C11H26IN3O. The SMILES string of the molecule is CN=C(NCC(C)C)NCC(C)(C)OC.I. The molecule has 4 nitrogen and oxygen atoms in total. The number of hydrogen-bond acceptors (Lipinski definition) is 2. The zero-order chi connectivity index (χ0) is 11.9. The lowest BCUT2D eigenvalue weighted by Crippen LogP contribution is -2.46. The normalized spacial score (nSPS) is 12.3. The van der Waals surface area contributed by atoms with E-state index in [2.05, 4.69) is 29.5 Å². The van der Waals surface area contributed by atoms with Crippen molar-refractivity contribution in [3.8, 4) is 0 Å². The molecule has 0 unspecified atom stereocenters. The maximum atomic E-state index is 5.31. The fourth-order valence-corrected chi connectivity index (χ4v) is 0.890. The summed E-state index contributed by atoms with van der Waals surface area (Å²) in [5.41, 5.74) is -0.171. The second kappa shape index (κ2) is 9.04. The second-order valence-electron chi connectivity index (χ2n) is 4.66. The van der Waals surface area contributed by atoms with Gasteiger partial charge in [0, 0.05) is 27.2 Å². The van der Waals surface area contributed by atoms with Gasteiger partial charge in [-0.1, -0.05) is 13.8 Å². The van der Waals surface area contributed by atoms with Crippen molar-refractivity contribution >= 4 is 29.9 Å². The van der Waals surface area contributed by atoms with Gasteiger partial charge >= 0.3 is 0 Å². The van der Waals surface area contributed by atoms with E-state index in [-0.39, 0.29) is 29.6 Å². The molecule has 0 aromatic rings. The number of hydrogen-bond donors (Lipinski definition) is 2. The molecule has 16 heavy (non-hydrogen) atoms. The Balaban J connectivity index is 0. The molecular weight excluding hydrogens is 317 g/mol. The van der Waals surface area contributed by atoms with E-state index in [0.29, 0.717) is 5.92 Å². The molecule has 0 rings (SSSR count). The molecule has 0 aliphatic rings. The van der Waals surface area contributed by atoms with Gasteiger partial charge in [0.15, 0.2) is 5.96 Å². The Morgan fingerprint density at radius 1 is 1.31 bits per heavy atom. The van der Waals surface area contributed by atoms with Crippen LogP contribution in [-0.2, 0) is 4.74 Å². The van der Waals surface area contributed by atoms with Crippen LogP contribution in [0.3, 0.4) is 0 Å². The van der Waals surface area contributed by atoms with E-state index in [4.69, 9.17) is 4.74 Å². The van der Waals surface area contributed by atoms with Crippen LogP contribution < -0.4 is 10.6 Å². The summed E-state index contributed by atoms with van der Waals surface area (Å²) >= 11 is 0. The first-order valence-corrected chi connectivity index (χ1v) is 5.41. The van der Waals surface area contributed by atoms with Crippen LogP contribution in [0.15, 0.2) is 4.99 Å². The van der Waals surface area contributed by atoms with Gasteiger partial charge in [0.05, 0.1) is 5.60 Å². The third-order valence-electron chi connectivity index (χ3n) is 2.14. The quantitative estimate of drug-likeness (QED) is 0.455. The van der Waals surface area contributed by atoms with E-state index in [1.54, 1.807) is 14.2 Å². The lowest BCUT2D eigenvalue weighted by Gasteiger charge is -2.24. The molecule has 0 saturated carbocycles. The van der Waals surface area contributed by atoms with Crippen LogP contribution in [0, 0.1) is 5.92 Å². The summed E-state index contributed by atoms with van der Waals surface area (Å²) in [5, 5.41) is 6.48. The smallest absolute Gasteiger partial charge is 0.191 e. The number of methoxy groups -OCH3 is 1. The van der Waals surface area contributed by atoms with Crippen molar-refractivity contribution in [1.29, 1.82) is 0 Å². The number of rotatable bonds is 5. The van der Waals surface area contributed by atoms with E-state index in [0.717, 1.165) is 19.0 Å². The monoisotopic (exact) mass is 343 g/mol. The third-order valence-corrected chi connectivity index (χ3v) is 2.14. The fourth-order valence-electron chi connectivity index (χ4n) is 0.890. The van der Waals surface area contributed by atoms with Crippen LogP contribution >= 0.6 is 24.0 Å². The highest BCUT2D eigenvalue weighted by Gasteiger charge is 2.16. The van der Waals surface area contributed by atoms with Crippen LogP contribution in [0.4, 0.5) is 0 Å². The van der Waals surface area contributed by atoms with Gasteiger partial charge in [-0.25, -0.2) is 0 Å². The van der Waals surface area contributed by atoms with Crippen LogP contribution in [0.5, 0.6) is 0 Å². The number of nitrogens with one attached hydrogen (secondary N) is 2. The highest BCUT2D eigenvalue weighted by atomic mass is 127. The molecule has 0 heterocycles. The minimum Gasteiger partial charge on any atom is -0.377 e. The van der Waals surface area contributed by atoms with Gasteiger partial charge in [-0.05, 0) is 19.8 Å². The molecule has 0 aromatic carbocycles. The molecule has 0 bridgehead atoms. The van der Waals surface area contributed by atoms with E-state index >= 15 is 0 Å². The summed E-state index contributed by atoms with van der Waals surface area (Å²) < 4.78 is 5.31.